The monoisotopic (exact) mass is 288 g/mol. The van der Waals surface area contributed by atoms with Crippen LogP contribution in [-0.4, -0.2) is 23.4 Å². The molecule has 0 atom stereocenters. The lowest BCUT2D eigenvalue weighted by Crippen LogP contribution is -2.45. The van der Waals surface area contributed by atoms with Gasteiger partial charge < -0.3 is 9.63 Å². The summed E-state index contributed by atoms with van der Waals surface area (Å²) in [5.74, 6) is -0.389. The zero-order valence-electron chi connectivity index (χ0n) is 12.2. The van der Waals surface area contributed by atoms with E-state index < -0.39 is 0 Å². The summed E-state index contributed by atoms with van der Waals surface area (Å²) >= 11 is 0. The minimum atomic E-state index is -0.389. The van der Waals surface area contributed by atoms with Gasteiger partial charge in [-0.1, -0.05) is 24.1 Å². The number of hydrazine groups is 1. The summed E-state index contributed by atoms with van der Waals surface area (Å²) in [5, 5.41) is 17.9. The van der Waals surface area contributed by atoms with Gasteiger partial charge in [-0.25, -0.2) is 10.4 Å². The molecular formula is C15H20N4O2. The molecule has 1 N–H and O–H groups in total. The molecule has 0 aliphatic carbocycles. The molecule has 1 aromatic carbocycles. The van der Waals surface area contributed by atoms with Crippen molar-refractivity contribution < 1.29 is 14.3 Å². The molecule has 0 radical (unpaired) electrons. The lowest BCUT2D eigenvalue weighted by molar-refractivity contribution is -0.678. The van der Waals surface area contributed by atoms with Gasteiger partial charge in [0.15, 0.2) is 5.95 Å². The SMILES string of the molecule is Cc1ccc(-[n+]2noc([O-])c2CNN2CCCCC2)cc1. The fourth-order valence-electron chi connectivity index (χ4n) is 2.54. The first-order valence-corrected chi connectivity index (χ1v) is 7.37. The van der Waals surface area contributed by atoms with Crippen LogP contribution >= 0.6 is 0 Å². The van der Waals surface area contributed by atoms with E-state index in [2.05, 4.69) is 15.7 Å². The van der Waals surface area contributed by atoms with Crippen LogP contribution in [0.4, 0.5) is 0 Å². The molecule has 1 aliphatic rings. The van der Waals surface area contributed by atoms with E-state index in [1.165, 1.54) is 19.3 Å². The molecular weight excluding hydrogens is 268 g/mol. The van der Waals surface area contributed by atoms with Gasteiger partial charge in [0.05, 0.1) is 5.27 Å². The van der Waals surface area contributed by atoms with Crippen LogP contribution in [0.3, 0.4) is 0 Å². The summed E-state index contributed by atoms with van der Waals surface area (Å²) < 4.78 is 6.39. The molecule has 1 aromatic heterocycles. The molecule has 1 saturated heterocycles. The summed E-state index contributed by atoms with van der Waals surface area (Å²) in [5.41, 5.74) is 5.82. The zero-order chi connectivity index (χ0) is 14.7. The lowest BCUT2D eigenvalue weighted by Gasteiger charge is -2.26. The van der Waals surface area contributed by atoms with Gasteiger partial charge in [-0.15, -0.1) is 0 Å². The second-order valence-electron chi connectivity index (χ2n) is 5.44. The van der Waals surface area contributed by atoms with Crippen LogP contribution in [0.1, 0.15) is 30.5 Å². The van der Waals surface area contributed by atoms with Crippen molar-refractivity contribution in [2.75, 3.05) is 13.1 Å². The molecule has 0 spiro atoms. The third-order valence-electron chi connectivity index (χ3n) is 3.80. The Labute approximate surface area is 123 Å². The van der Waals surface area contributed by atoms with Crippen molar-refractivity contribution in [2.24, 2.45) is 0 Å². The van der Waals surface area contributed by atoms with E-state index in [1.807, 2.05) is 31.2 Å². The van der Waals surface area contributed by atoms with Crippen LogP contribution in [0.5, 0.6) is 5.95 Å². The summed E-state index contributed by atoms with van der Waals surface area (Å²) in [6.45, 7) is 4.49. The summed E-state index contributed by atoms with van der Waals surface area (Å²) in [6, 6.07) is 7.84. The number of aryl methyl sites for hydroxylation is 1. The molecule has 6 heteroatoms. The molecule has 0 bridgehead atoms. The van der Waals surface area contributed by atoms with Gasteiger partial charge in [0.25, 0.3) is 5.69 Å². The van der Waals surface area contributed by atoms with E-state index in [1.54, 1.807) is 4.68 Å². The number of benzene rings is 1. The maximum atomic E-state index is 11.8. The molecule has 1 fully saturated rings. The van der Waals surface area contributed by atoms with Crippen molar-refractivity contribution in [3.63, 3.8) is 0 Å². The van der Waals surface area contributed by atoms with Crippen molar-refractivity contribution >= 4 is 0 Å². The summed E-state index contributed by atoms with van der Waals surface area (Å²) in [6.07, 6.45) is 3.67. The first-order valence-electron chi connectivity index (χ1n) is 7.37. The Morgan fingerprint density at radius 1 is 1.24 bits per heavy atom. The van der Waals surface area contributed by atoms with Gasteiger partial charge in [-0.05, 0) is 24.4 Å². The lowest BCUT2D eigenvalue weighted by atomic mass is 10.2. The number of nitrogens with one attached hydrogen (secondary N) is 1. The smallest absolute Gasteiger partial charge is 0.255 e. The molecule has 1 aliphatic heterocycles. The summed E-state index contributed by atoms with van der Waals surface area (Å²) in [4.78, 5) is 0. The molecule has 3 rings (SSSR count). The predicted octanol–water partition coefficient (Wildman–Crippen LogP) is 0.824. The maximum absolute atomic E-state index is 11.8. The normalized spacial score (nSPS) is 16.2. The number of nitrogens with zero attached hydrogens (tertiary/aromatic N) is 3. The predicted molar refractivity (Wildman–Crippen MR) is 74.5 cm³/mol. The van der Waals surface area contributed by atoms with Gasteiger partial charge in [0.1, 0.15) is 6.54 Å². The minimum absolute atomic E-state index is 0.389. The van der Waals surface area contributed by atoms with E-state index >= 15 is 0 Å². The maximum Gasteiger partial charge on any atom is 0.255 e. The van der Waals surface area contributed by atoms with Crippen molar-refractivity contribution in [3.05, 3.63) is 35.5 Å². The van der Waals surface area contributed by atoms with Gasteiger partial charge in [0, 0.05) is 25.2 Å². The van der Waals surface area contributed by atoms with E-state index in [0.717, 1.165) is 24.3 Å². The molecule has 0 unspecified atom stereocenters. The molecule has 112 valence electrons. The van der Waals surface area contributed by atoms with Crippen molar-refractivity contribution in [1.29, 1.82) is 0 Å². The fraction of sp³-hybridized carbons (Fsp3) is 0.467. The number of rotatable bonds is 4. The van der Waals surface area contributed by atoms with E-state index in [-0.39, 0.29) is 5.95 Å². The highest BCUT2D eigenvalue weighted by Crippen LogP contribution is 2.12. The van der Waals surface area contributed by atoms with Crippen LogP contribution < -0.4 is 15.2 Å². The van der Waals surface area contributed by atoms with Crippen LogP contribution in [0.25, 0.3) is 5.69 Å². The molecule has 6 nitrogen and oxygen atoms in total. The van der Waals surface area contributed by atoms with Gasteiger partial charge in [-0.3, -0.25) is 0 Å². The zero-order valence-corrected chi connectivity index (χ0v) is 12.2. The Hall–Kier alpha value is -1.92. The Morgan fingerprint density at radius 3 is 2.67 bits per heavy atom. The van der Waals surface area contributed by atoms with E-state index in [4.69, 9.17) is 4.52 Å². The first kappa shape index (κ1) is 14.0. The fourth-order valence-corrected chi connectivity index (χ4v) is 2.54. The largest absolute Gasteiger partial charge is 0.539 e. The molecule has 21 heavy (non-hydrogen) atoms. The second-order valence-corrected chi connectivity index (χ2v) is 5.44. The first-order chi connectivity index (χ1) is 10.2. The quantitative estimate of drug-likeness (QED) is 0.844. The Bertz CT molecular complexity index is 588. The number of hydrogen-bond acceptors (Lipinski definition) is 5. The Balaban J connectivity index is 1.75. The average molecular weight is 288 g/mol. The van der Waals surface area contributed by atoms with Gasteiger partial charge in [-0.2, -0.15) is 0 Å². The highest BCUT2D eigenvalue weighted by atomic mass is 16.6. The average Bonchev–Trinajstić information content (AvgIpc) is 2.88. The third-order valence-corrected chi connectivity index (χ3v) is 3.80. The highest BCUT2D eigenvalue weighted by Gasteiger charge is 2.21. The standard InChI is InChI=1S/C15H20N4O2/c1-12-5-7-13(8-6-12)19-14(15(20)21-17-19)11-16-18-9-3-2-4-10-18/h5-8,16H,2-4,9-11H2,1H3. The Morgan fingerprint density at radius 2 is 1.95 bits per heavy atom. The van der Waals surface area contributed by atoms with Crippen molar-refractivity contribution in [1.82, 2.24) is 15.7 Å². The number of piperidine rings is 1. The van der Waals surface area contributed by atoms with Crippen molar-refractivity contribution in [2.45, 2.75) is 32.7 Å². The van der Waals surface area contributed by atoms with Crippen LogP contribution in [0.2, 0.25) is 0 Å². The third kappa shape index (κ3) is 3.22. The van der Waals surface area contributed by atoms with E-state index in [9.17, 15) is 5.11 Å². The van der Waals surface area contributed by atoms with Gasteiger partial charge in [0.2, 0.25) is 5.69 Å². The molecule has 0 saturated carbocycles. The molecule has 2 heterocycles. The minimum Gasteiger partial charge on any atom is -0.539 e. The van der Waals surface area contributed by atoms with E-state index in [0.29, 0.717) is 12.2 Å². The Kier molecular flexibility index (Phi) is 4.17. The topological polar surface area (TPSA) is 68.2 Å². The highest BCUT2D eigenvalue weighted by molar-refractivity contribution is 5.27. The number of hydrogen-bond donors (Lipinski definition) is 1. The molecule has 2 aromatic rings. The van der Waals surface area contributed by atoms with Crippen LogP contribution in [0, 0.1) is 6.92 Å². The van der Waals surface area contributed by atoms with Gasteiger partial charge >= 0.3 is 0 Å². The molecule has 0 amide bonds. The number of aromatic nitrogens is 2. The summed E-state index contributed by atoms with van der Waals surface area (Å²) in [7, 11) is 0. The van der Waals surface area contributed by atoms with Crippen LogP contribution in [0.15, 0.2) is 28.8 Å². The van der Waals surface area contributed by atoms with Crippen molar-refractivity contribution in [3.8, 4) is 11.6 Å². The second kappa shape index (κ2) is 6.24. The van der Waals surface area contributed by atoms with Crippen LogP contribution in [-0.2, 0) is 6.54 Å².